The summed E-state index contributed by atoms with van der Waals surface area (Å²) < 4.78 is 16.0. The van der Waals surface area contributed by atoms with Gasteiger partial charge in [-0.1, -0.05) is 12.1 Å². The van der Waals surface area contributed by atoms with Gasteiger partial charge in [-0.05, 0) is 58.0 Å². The lowest BCUT2D eigenvalue weighted by Crippen LogP contribution is -2.00. The average Bonchev–Trinajstić information content (AvgIpc) is 2.66. The summed E-state index contributed by atoms with van der Waals surface area (Å²) in [5, 5.41) is 0.355. The first-order valence-corrected chi connectivity index (χ1v) is 7.01. The summed E-state index contributed by atoms with van der Waals surface area (Å²) in [6, 6.07) is 8.40. The zero-order valence-corrected chi connectivity index (χ0v) is 12.6. The lowest BCUT2D eigenvalue weighted by molar-refractivity contribution is 0.624. The summed E-state index contributed by atoms with van der Waals surface area (Å²) in [6.07, 6.45) is 1.73. The molecule has 0 aliphatic rings. The summed E-state index contributed by atoms with van der Waals surface area (Å²) in [7, 11) is 0. The second-order valence-electron chi connectivity index (χ2n) is 4.09. The molecule has 6 heteroatoms. The minimum atomic E-state index is -0.259. The fourth-order valence-electron chi connectivity index (χ4n) is 1.92. The van der Waals surface area contributed by atoms with Crippen molar-refractivity contribution in [3.05, 3.63) is 56.8 Å². The van der Waals surface area contributed by atoms with Crippen LogP contribution >= 0.6 is 34.2 Å². The van der Waals surface area contributed by atoms with Crippen LogP contribution in [0.3, 0.4) is 0 Å². The molecule has 0 amide bonds. The number of hydrogen-bond acceptors (Lipinski definition) is 2. The Kier molecular flexibility index (Phi) is 3.40. The van der Waals surface area contributed by atoms with E-state index in [9.17, 15) is 4.39 Å². The van der Waals surface area contributed by atoms with E-state index in [1.807, 2.05) is 16.7 Å². The van der Waals surface area contributed by atoms with E-state index in [4.69, 9.17) is 11.6 Å². The molecule has 0 saturated heterocycles. The predicted octanol–water partition coefficient (Wildman–Crippen LogP) is 3.88. The van der Waals surface area contributed by atoms with E-state index in [0.717, 1.165) is 14.7 Å². The number of halogens is 3. The number of rotatable bonds is 2. The quantitative estimate of drug-likeness (QED) is 0.625. The van der Waals surface area contributed by atoms with E-state index in [1.165, 1.54) is 12.1 Å². The van der Waals surface area contributed by atoms with Gasteiger partial charge in [-0.2, -0.15) is 4.98 Å². The molecule has 0 aliphatic heterocycles. The highest BCUT2D eigenvalue weighted by Gasteiger charge is 2.11. The van der Waals surface area contributed by atoms with Crippen LogP contribution in [0.15, 0.2) is 36.5 Å². The van der Waals surface area contributed by atoms with Crippen LogP contribution in [0.5, 0.6) is 0 Å². The van der Waals surface area contributed by atoms with Crippen molar-refractivity contribution in [1.82, 2.24) is 14.5 Å². The molecule has 3 aromatic rings. The van der Waals surface area contributed by atoms with E-state index in [2.05, 4.69) is 32.6 Å². The van der Waals surface area contributed by atoms with E-state index in [0.29, 0.717) is 17.5 Å². The Morgan fingerprint density at radius 1 is 1.32 bits per heavy atom. The highest BCUT2D eigenvalue weighted by molar-refractivity contribution is 14.1. The Labute approximate surface area is 127 Å². The molecule has 0 bridgehead atoms. The van der Waals surface area contributed by atoms with Crippen molar-refractivity contribution in [2.75, 3.05) is 0 Å². The third-order valence-corrected chi connectivity index (χ3v) is 3.63. The maximum Gasteiger partial charge on any atom is 0.205 e. The first-order valence-electron chi connectivity index (χ1n) is 5.55. The third kappa shape index (κ3) is 2.57. The first-order chi connectivity index (χ1) is 9.13. The van der Waals surface area contributed by atoms with Gasteiger partial charge in [0.15, 0.2) is 5.65 Å². The van der Waals surface area contributed by atoms with E-state index >= 15 is 0 Å². The molecule has 0 radical (unpaired) electrons. The molecule has 19 heavy (non-hydrogen) atoms. The van der Waals surface area contributed by atoms with Crippen molar-refractivity contribution in [1.29, 1.82) is 0 Å². The van der Waals surface area contributed by atoms with Gasteiger partial charge in [0.25, 0.3) is 0 Å². The first kappa shape index (κ1) is 12.8. The molecule has 3 rings (SSSR count). The minimum Gasteiger partial charge on any atom is -0.309 e. The van der Waals surface area contributed by atoms with Crippen molar-refractivity contribution < 1.29 is 4.39 Å². The Bertz CT molecular complexity index is 757. The Morgan fingerprint density at radius 3 is 2.95 bits per heavy atom. The van der Waals surface area contributed by atoms with Gasteiger partial charge in [-0.15, -0.1) is 0 Å². The Balaban J connectivity index is 2.09. The molecule has 0 unspecified atom stereocenters. The second-order valence-corrected chi connectivity index (χ2v) is 5.68. The Morgan fingerprint density at radius 2 is 2.16 bits per heavy atom. The smallest absolute Gasteiger partial charge is 0.205 e. The van der Waals surface area contributed by atoms with E-state index in [-0.39, 0.29) is 5.82 Å². The number of imidazole rings is 1. The molecule has 0 fully saturated rings. The minimum absolute atomic E-state index is 0.259. The molecule has 0 atom stereocenters. The summed E-state index contributed by atoms with van der Waals surface area (Å²) in [6.45, 7) is 0.467. The van der Waals surface area contributed by atoms with Crippen molar-refractivity contribution >= 4 is 45.4 Å². The Hall–Kier alpha value is -1.21. The molecular weight excluding hydrogens is 380 g/mol. The van der Waals surface area contributed by atoms with E-state index < -0.39 is 0 Å². The summed E-state index contributed by atoms with van der Waals surface area (Å²) in [5.41, 5.74) is 2.28. The lowest BCUT2D eigenvalue weighted by Gasteiger charge is -2.06. The number of pyridine rings is 1. The van der Waals surface area contributed by atoms with Gasteiger partial charge >= 0.3 is 0 Å². The summed E-state index contributed by atoms with van der Waals surface area (Å²) >= 11 is 8.31. The van der Waals surface area contributed by atoms with Gasteiger partial charge in [0, 0.05) is 9.77 Å². The van der Waals surface area contributed by atoms with Gasteiger partial charge in [0.1, 0.15) is 5.82 Å². The molecule has 0 spiro atoms. The number of fused-ring (bicyclic) bond motifs is 1. The summed E-state index contributed by atoms with van der Waals surface area (Å²) in [4.78, 5) is 8.42. The normalized spacial score (nSPS) is 11.1. The molecule has 2 aromatic heterocycles. The molecule has 96 valence electrons. The van der Waals surface area contributed by atoms with Crippen LogP contribution in [-0.4, -0.2) is 14.5 Å². The van der Waals surface area contributed by atoms with Gasteiger partial charge in [-0.25, -0.2) is 9.37 Å². The van der Waals surface area contributed by atoms with Crippen LogP contribution in [-0.2, 0) is 6.54 Å². The van der Waals surface area contributed by atoms with Crippen LogP contribution in [0.1, 0.15) is 5.56 Å². The SMILES string of the molecule is Fc1cccc(Cn2c(Cl)nc3ncc(I)cc32)c1. The van der Waals surface area contributed by atoms with Crippen molar-refractivity contribution in [2.45, 2.75) is 6.54 Å². The number of nitrogens with zero attached hydrogens (tertiary/aromatic N) is 3. The third-order valence-electron chi connectivity index (χ3n) is 2.76. The summed E-state index contributed by atoms with van der Waals surface area (Å²) in [5.74, 6) is -0.259. The zero-order valence-electron chi connectivity index (χ0n) is 9.65. The average molecular weight is 388 g/mol. The number of aromatic nitrogens is 3. The zero-order chi connectivity index (χ0) is 13.4. The van der Waals surface area contributed by atoms with Gasteiger partial charge < -0.3 is 4.57 Å². The predicted molar refractivity (Wildman–Crippen MR) is 80.8 cm³/mol. The van der Waals surface area contributed by atoms with Gasteiger partial charge in [-0.3, -0.25) is 0 Å². The van der Waals surface area contributed by atoms with Gasteiger partial charge in [0.2, 0.25) is 5.28 Å². The fourth-order valence-corrected chi connectivity index (χ4v) is 2.59. The van der Waals surface area contributed by atoms with Crippen molar-refractivity contribution in [3.8, 4) is 0 Å². The lowest BCUT2D eigenvalue weighted by atomic mass is 10.2. The molecule has 3 nitrogen and oxygen atoms in total. The molecule has 0 aliphatic carbocycles. The largest absolute Gasteiger partial charge is 0.309 e. The molecule has 2 heterocycles. The van der Waals surface area contributed by atoms with Crippen LogP contribution in [0.25, 0.3) is 11.2 Å². The monoisotopic (exact) mass is 387 g/mol. The van der Waals surface area contributed by atoms with Crippen molar-refractivity contribution in [2.24, 2.45) is 0 Å². The highest BCUT2D eigenvalue weighted by Crippen LogP contribution is 2.21. The highest BCUT2D eigenvalue weighted by atomic mass is 127. The maximum absolute atomic E-state index is 13.2. The van der Waals surface area contributed by atoms with Crippen LogP contribution in [0.4, 0.5) is 4.39 Å². The van der Waals surface area contributed by atoms with E-state index in [1.54, 1.807) is 12.3 Å². The maximum atomic E-state index is 13.2. The number of benzene rings is 1. The van der Waals surface area contributed by atoms with Gasteiger partial charge in [0.05, 0.1) is 12.1 Å². The standard InChI is InChI=1S/C13H8ClFIN3/c14-13-18-12-11(5-10(16)6-17-12)19(13)7-8-2-1-3-9(15)4-8/h1-6H,7H2. The molecular formula is C13H8ClFIN3. The number of hydrogen-bond donors (Lipinski definition) is 0. The van der Waals surface area contributed by atoms with Crippen LogP contribution in [0, 0.1) is 9.39 Å². The molecule has 0 saturated carbocycles. The molecule has 0 N–H and O–H groups in total. The fraction of sp³-hybridized carbons (Fsp3) is 0.0769. The van der Waals surface area contributed by atoms with Crippen LogP contribution < -0.4 is 0 Å². The van der Waals surface area contributed by atoms with Crippen molar-refractivity contribution in [3.63, 3.8) is 0 Å². The topological polar surface area (TPSA) is 30.7 Å². The van der Waals surface area contributed by atoms with Crippen LogP contribution in [0.2, 0.25) is 5.28 Å². The second kappa shape index (κ2) is 5.05. The molecule has 1 aromatic carbocycles.